The van der Waals surface area contributed by atoms with Gasteiger partial charge < -0.3 is 4.90 Å². The Labute approximate surface area is 163 Å². The van der Waals surface area contributed by atoms with Crippen LogP contribution in [-0.2, 0) is 12.8 Å². The molecule has 0 bridgehead atoms. The van der Waals surface area contributed by atoms with Crippen molar-refractivity contribution in [2.24, 2.45) is 0 Å². The van der Waals surface area contributed by atoms with Gasteiger partial charge in [0.05, 0.1) is 5.39 Å². The predicted molar refractivity (Wildman–Crippen MR) is 109 cm³/mol. The Bertz CT molecular complexity index is 981. The van der Waals surface area contributed by atoms with Crippen LogP contribution in [0, 0.1) is 6.92 Å². The van der Waals surface area contributed by atoms with Crippen molar-refractivity contribution in [2.45, 2.75) is 65.7 Å². The molecule has 3 aromatic heterocycles. The maximum Gasteiger partial charge on any atom is 0.293 e. The fourth-order valence-corrected chi connectivity index (χ4v) is 5.14. The van der Waals surface area contributed by atoms with E-state index in [9.17, 15) is 4.79 Å². The smallest absolute Gasteiger partial charge is 0.293 e. The number of aryl methyl sites for hydroxylation is 3. The summed E-state index contributed by atoms with van der Waals surface area (Å²) in [4.78, 5) is 26.9. The summed E-state index contributed by atoms with van der Waals surface area (Å²) in [5, 5.41) is 5.67. The third-order valence-electron chi connectivity index (χ3n) is 5.35. The summed E-state index contributed by atoms with van der Waals surface area (Å²) in [6, 6.07) is 0. The van der Waals surface area contributed by atoms with Gasteiger partial charge in [-0.1, -0.05) is 26.7 Å². The summed E-state index contributed by atoms with van der Waals surface area (Å²) < 4.78 is 1.76. The van der Waals surface area contributed by atoms with Crippen molar-refractivity contribution in [1.29, 1.82) is 0 Å². The van der Waals surface area contributed by atoms with E-state index in [1.54, 1.807) is 15.9 Å². The van der Waals surface area contributed by atoms with E-state index in [4.69, 9.17) is 9.97 Å². The number of hydrogen-bond acceptors (Lipinski definition) is 5. The topological polar surface area (TPSA) is 63.4 Å². The molecule has 0 N–H and O–H groups in total. The Morgan fingerprint density at radius 3 is 2.59 bits per heavy atom. The van der Waals surface area contributed by atoms with Gasteiger partial charge in [0.1, 0.15) is 10.7 Å². The standard InChI is InChI=1S/C20H27N5OS/c1-4-6-11-24(12-7-5-2)20(26)17-22-18-16-14-9-8-10-15(14)27-19(16)21-13(3)25(18)23-17/h4-12H2,1-3H3. The Morgan fingerprint density at radius 1 is 1.15 bits per heavy atom. The zero-order valence-electron chi connectivity index (χ0n) is 16.4. The molecule has 4 rings (SSSR count). The normalized spacial score (nSPS) is 13.6. The number of fused-ring (bicyclic) bond motifs is 5. The summed E-state index contributed by atoms with van der Waals surface area (Å²) in [5.74, 6) is 1.04. The molecule has 1 amide bonds. The van der Waals surface area contributed by atoms with Crippen molar-refractivity contribution >= 4 is 33.1 Å². The van der Waals surface area contributed by atoms with Gasteiger partial charge in [0.2, 0.25) is 5.82 Å². The van der Waals surface area contributed by atoms with Gasteiger partial charge in [-0.2, -0.15) is 4.52 Å². The van der Waals surface area contributed by atoms with E-state index in [1.165, 1.54) is 16.9 Å². The van der Waals surface area contributed by atoms with Crippen molar-refractivity contribution in [3.05, 3.63) is 22.1 Å². The van der Waals surface area contributed by atoms with Crippen molar-refractivity contribution in [1.82, 2.24) is 24.5 Å². The highest BCUT2D eigenvalue weighted by Gasteiger charge is 2.25. The van der Waals surface area contributed by atoms with E-state index in [0.29, 0.717) is 5.82 Å². The molecular formula is C20H27N5OS. The number of nitrogens with zero attached hydrogens (tertiary/aromatic N) is 5. The van der Waals surface area contributed by atoms with Crippen LogP contribution in [-0.4, -0.2) is 43.5 Å². The molecule has 7 heteroatoms. The summed E-state index contributed by atoms with van der Waals surface area (Å²) in [7, 11) is 0. The highest BCUT2D eigenvalue weighted by molar-refractivity contribution is 7.19. The first-order valence-corrected chi connectivity index (χ1v) is 10.9. The molecule has 3 heterocycles. The van der Waals surface area contributed by atoms with Gasteiger partial charge >= 0.3 is 0 Å². The average Bonchev–Trinajstić information content (AvgIpc) is 3.35. The van der Waals surface area contributed by atoms with Crippen LogP contribution >= 0.6 is 11.3 Å². The molecule has 0 aliphatic heterocycles. The second kappa shape index (κ2) is 7.54. The van der Waals surface area contributed by atoms with E-state index in [1.807, 2.05) is 11.8 Å². The van der Waals surface area contributed by atoms with E-state index in [0.717, 1.165) is 73.3 Å². The summed E-state index contributed by atoms with van der Waals surface area (Å²) in [5.41, 5.74) is 2.17. The lowest BCUT2D eigenvalue weighted by Crippen LogP contribution is -2.33. The lowest BCUT2D eigenvalue weighted by atomic mass is 10.2. The monoisotopic (exact) mass is 385 g/mol. The van der Waals surface area contributed by atoms with Crippen LogP contribution in [0.5, 0.6) is 0 Å². The molecule has 0 aromatic carbocycles. The van der Waals surface area contributed by atoms with E-state index in [-0.39, 0.29) is 5.91 Å². The maximum absolute atomic E-state index is 13.1. The van der Waals surface area contributed by atoms with Crippen molar-refractivity contribution in [2.75, 3.05) is 13.1 Å². The molecule has 6 nitrogen and oxygen atoms in total. The minimum atomic E-state index is -0.0555. The quantitative estimate of drug-likeness (QED) is 0.612. The first-order valence-electron chi connectivity index (χ1n) is 10.1. The number of carbonyl (C=O) groups is 1. The van der Waals surface area contributed by atoms with Crippen molar-refractivity contribution in [3.63, 3.8) is 0 Å². The minimum Gasteiger partial charge on any atom is -0.336 e. The first kappa shape index (κ1) is 18.3. The van der Waals surface area contributed by atoms with Gasteiger partial charge in [-0.05, 0) is 44.6 Å². The molecule has 0 radical (unpaired) electrons. The Balaban J connectivity index is 1.76. The zero-order chi connectivity index (χ0) is 19.0. The van der Waals surface area contributed by atoms with Gasteiger partial charge in [-0.3, -0.25) is 4.79 Å². The van der Waals surface area contributed by atoms with Gasteiger partial charge in [-0.25, -0.2) is 9.97 Å². The fraction of sp³-hybridized carbons (Fsp3) is 0.600. The van der Waals surface area contributed by atoms with Crippen LogP contribution in [0.25, 0.3) is 15.9 Å². The summed E-state index contributed by atoms with van der Waals surface area (Å²) in [6.07, 6.45) is 7.54. The van der Waals surface area contributed by atoms with Crippen LogP contribution in [0.2, 0.25) is 0 Å². The second-order valence-corrected chi connectivity index (χ2v) is 8.45. The van der Waals surface area contributed by atoms with Gasteiger partial charge in [0.25, 0.3) is 5.91 Å². The number of aromatic nitrogens is 4. The predicted octanol–water partition coefficient (Wildman–Crippen LogP) is 4.18. The Morgan fingerprint density at radius 2 is 1.89 bits per heavy atom. The van der Waals surface area contributed by atoms with Crippen LogP contribution < -0.4 is 0 Å². The van der Waals surface area contributed by atoms with E-state index in [2.05, 4.69) is 18.9 Å². The lowest BCUT2D eigenvalue weighted by molar-refractivity contribution is 0.0739. The maximum atomic E-state index is 13.1. The third-order valence-corrected chi connectivity index (χ3v) is 6.53. The van der Waals surface area contributed by atoms with Crippen molar-refractivity contribution < 1.29 is 4.79 Å². The molecular weight excluding hydrogens is 358 g/mol. The number of thiophene rings is 1. The molecule has 1 aliphatic rings. The average molecular weight is 386 g/mol. The SMILES string of the molecule is CCCCN(CCCC)C(=O)c1nc2c3c4c(sc3nc(C)n2n1)CCC4. The molecule has 0 fully saturated rings. The van der Waals surface area contributed by atoms with E-state index < -0.39 is 0 Å². The molecule has 0 saturated carbocycles. The fourth-order valence-electron chi connectivity index (χ4n) is 3.84. The Hall–Kier alpha value is -2.02. The van der Waals surface area contributed by atoms with Gasteiger partial charge in [0, 0.05) is 18.0 Å². The minimum absolute atomic E-state index is 0.0555. The molecule has 1 aliphatic carbocycles. The number of unbranched alkanes of at least 4 members (excludes halogenated alkanes) is 2. The van der Waals surface area contributed by atoms with Crippen LogP contribution in [0.1, 0.15) is 72.8 Å². The highest BCUT2D eigenvalue weighted by Crippen LogP contribution is 2.38. The number of carbonyl (C=O) groups excluding carboxylic acids is 1. The largest absolute Gasteiger partial charge is 0.336 e. The molecule has 0 atom stereocenters. The summed E-state index contributed by atoms with van der Waals surface area (Å²) >= 11 is 1.77. The lowest BCUT2D eigenvalue weighted by Gasteiger charge is -2.20. The molecule has 0 unspecified atom stereocenters. The third kappa shape index (κ3) is 3.22. The van der Waals surface area contributed by atoms with Gasteiger partial charge in [0.15, 0.2) is 5.65 Å². The van der Waals surface area contributed by atoms with Crippen LogP contribution in [0.3, 0.4) is 0 Å². The number of rotatable bonds is 7. The summed E-state index contributed by atoms with van der Waals surface area (Å²) in [6.45, 7) is 7.77. The van der Waals surface area contributed by atoms with E-state index >= 15 is 0 Å². The molecule has 3 aromatic rings. The van der Waals surface area contributed by atoms with Crippen LogP contribution in [0.15, 0.2) is 0 Å². The molecule has 0 spiro atoms. The highest BCUT2D eigenvalue weighted by atomic mass is 32.1. The first-order chi connectivity index (χ1) is 13.1. The molecule has 144 valence electrons. The second-order valence-electron chi connectivity index (χ2n) is 7.37. The number of amides is 1. The number of hydrogen-bond donors (Lipinski definition) is 0. The Kier molecular flexibility index (Phi) is 5.12. The van der Waals surface area contributed by atoms with Crippen LogP contribution in [0.4, 0.5) is 0 Å². The molecule has 0 saturated heterocycles. The van der Waals surface area contributed by atoms with Crippen molar-refractivity contribution in [3.8, 4) is 0 Å². The zero-order valence-corrected chi connectivity index (χ0v) is 17.2. The molecule has 27 heavy (non-hydrogen) atoms. The van der Waals surface area contributed by atoms with Gasteiger partial charge in [-0.15, -0.1) is 16.4 Å².